The Balaban J connectivity index is 1.46. The van der Waals surface area contributed by atoms with E-state index in [-0.39, 0.29) is 17.9 Å². The second kappa shape index (κ2) is 9.43. The van der Waals surface area contributed by atoms with E-state index in [1.807, 2.05) is 18.2 Å². The van der Waals surface area contributed by atoms with Gasteiger partial charge in [0.2, 0.25) is 5.91 Å². The average molecular weight is 426 g/mol. The Hall–Kier alpha value is -2.34. The summed E-state index contributed by atoms with van der Waals surface area (Å²) in [6, 6.07) is 5.70. The summed E-state index contributed by atoms with van der Waals surface area (Å²) in [4.78, 5) is 27.0. The van der Waals surface area contributed by atoms with Gasteiger partial charge in [-0.05, 0) is 68.3 Å². The van der Waals surface area contributed by atoms with Crippen LogP contribution in [0.3, 0.4) is 0 Å². The summed E-state index contributed by atoms with van der Waals surface area (Å²) in [6.45, 7) is 9.73. The van der Waals surface area contributed by atoms with E-state index in [9.17, 15) is 9.59 Å². The first kappa shape index (κ1) is 21.9. The molecule has 1 aromatic carbocycles. The number of nitrogens with one attached hydrogen (secondary N) is 2. The number of nitrogens with zero attached hydrogens (tertiary/aromatic N) is 1. The standard InChI is InChI=1S/C25H35N3O3/c1-16(2)14-26-21-7-5-4-6-8-23(21)31-19-10-11-20-18(13-19)15-28(25(20)30)22-12-9-17(3)27-24(22)29/h10-11,13,16,21-23,26H,3-9,12,14-15H2,1-2H3,(H,27,29)/t21-,22?,23-/m0/s1. The highest BCUT2D eigenvalue weighted by Gasteiger charge is 2.38. The van der Waals surface area contributed by atoms with Gasteiger partial charge in [0.05, 0.1) is 0 Å². The Bertz CT molecular complexity index is 850. The van der Waals surface area contributed by atoms with E-state index in [4.69, 9.17) is 4.74 Å². The van der Waals surface area contributed by atoms with Crippen LogP contribution in [0.5, 0.6) is 5.75 Å². The fraction of sp³-hybridized carbons (Fsp3) is 0.600. The van der Waals surface area contributed by atoms with E-state index in [1.165, 1.54) is 19.3 Å². The molecule has 4 rings (SSSR count). The molecule has 1 aliphatic carbocycles. The van der Waals surface area contributed by atoms with Crippen molar-refractivity contribution in [1.82, 2.24) is 15.5 Å². The molecule has 2 fully saturated rings. The molecule has 1 saturated carbocycles. The Morgan fingerprint density at radius 1 is 1.19 bits per heavy atom. The molecular weight excluding hydrogens is 390 g/mol. The van der Waals surface area contributed by atoms with E-state index in [0.717, 1.165) is 36.4 Å². The van der Waals surface area contributed by atoms with E-state index in [2.05, 4.69) is 31.1 Å². The molecule has 3 aliphatic rings. The average Bonchev–Trinajstić information content (AvgIpc) is 2.89. The molecule has 6 nitrogen and oxygen atoms in total. The predicted octanol–water partition coefficient (Wildman–Crippen LogP) is 3.76. The molecule has 6 heteroatoms. The normalized spacial score (nSPS) is 26.6. The summed E-state index contributed by atoms with van der Waals surface area (Å²) in [6.07, 6.45) is 7.33. The van der Waals surface area contributed by atoms with Crippen LogP contribution in [-0.2, 0) is 11.3 Å². The first-order valence-electron chi connectivity index (χ1n) is 11.7. The Morgan fingerprint density at radius 3 is 2.77 bits per heavy atom. The van der Waals surface area contributed by atoms with Gasteiger partial charge in [0.25, 0.3) is 5.91 Å². The maximum atomic E-state index is 12.9. The molecule has 31 heavy (non-hydrogen) atoms. The minimum absolute atomic E-state index is 0.0693. The number of rotatable bonds is 6. The van der Waals surface area contributed by atoms with Gasteiger partial charge in [-0.25, -0.2) is 0 Å². The van der Waals surface area contributed by atoms with Gasteiger partial charge in [-0.15, -0.1) is 0 Å². The maximum Gasteiger partial charge on any atom is 0.255 e. The van der Waals surface area contributed by atoms with Crippen LogP contribution < -0.4 is 15.4 Å². The highest BCUT2D eigenvalue weighted by molar-refractivity contribution is 6.01. The molecule has 0 radical (unpaired) electrons. The van der Waals surface area contributed by atoms with Gasteiger partial charge in [0, 0.05) is 23.8 Å². The first-order valence-corrected chi connectivity index (χ1v) is 11.7. The molecule has 1 unspecified atom stereocenters. The monoisotopic (exact) mass is 425 g/mol. The van der Waals surface area contributed by atoms with Crippen LogP contribution in [0.25, 0.3) is 0 Å². The lowest BCUT2D eigenvalue weighted by atomic mass is 10.0. The van der Waals surface area contributed by atoms with Gasteiger partial charge in [0.15, 0.2) is 0 Å². The molecule has 0 spiro atoms. The van der Waals surface area contributed by atoms with E-state index < -0.39 is 6.04 Å². The number of amides is 2. The van der Waals surface area contributed by atoms with Crippen molar-refractivity contribution in [3.8, 4) is 5.75 Å². The van der Waals surface area contributed by atoms with Gasteiger partial charge in [0.1, 0.15) is 17.9 Å². The number of ether oxygens (including phenoxy) is 1. The molecule has 1 aromatic rings. The number of piperidine rings is 1. The Kier molecular flexibility index (Phi) is 6.65. The van der Waals surface area contributed by atoms with E-state index in [0.29, 0.717) is 36.9 Å². The quantitative estimate of drug-likeness (QED) is 0.681. The number of carbonyl (C=O) groups excluding carboxylic acids is 2. The largest absolute Gasteiger partial charge is 0.489 e. The minimum atomic E-state index is -0.429. The predicted molar refractivity (Wildman–Crippen MR) is 121 cm³/mol. The fourth-order valence-electron chi connectivity index (χ4n) is 4.91. The molecule has 0 bridgehead atoms. The fourth-order valence-corrected chi connectivity index (χ4v) is 4.91. The maximum absolute atomic E-state index is 12.9. The minimum Gasteiger partial charge on any atom is -0.489 e. The van der Waals surface area contributed by atoms with Crippen molar-refractivity contribution >= 4 is 11.8 Å². The van der Waals surface area contributed by atoms with Crippen molar-refractivity contribution in [2.45, 2.75) is 83.5 Å². The van der Waals surface area contributed by atoms with Crippen molar-refractivity contribution in [2.75, 3.05) is 6.54 Å². The molecule has 0 aromatic heterocycles. The zero-order valence-corrected chi connectivity index (χ0v) is 18.8. The Morgan fingerprint density at radius 2 is 2.00 bits per heavy atom. The molecular formula is C25H35N3O3. The van der Waals surface area contributed by atoms with Crippen LogP contribution in [0, 0.1) is 5.92 Å². The van der Waals surface area contributed by atoms with Crippen LogP contribution in [0.1, 0.15) is 74.7 Å². The van der Waals surface area contributed by atoms with Crippen molar-refractivity contribution in [3.63, 3.8) is 0 Å². The third-order valence-corrected chi connectivity index (χ3v) is 6.64. The lowest BCUT2D eigenvalue weighted by molar-refractivity contribution is -0.126. The van der Waals surface area contributed by atoms with Crippen molar-refractivity contribution < 1.29 is 14.3 Å². The first-order chi connectivity index (χ1) is 14.9. The van der Waals surface area contributed by atoms with Crippen LogP contribution in [0.4, 0.5) is 0 Å². The second-order valence-corrected chi connectivity index (χ2v) is 9.60. The third-order valence-electron chi connectivity index (χ3n) is 6.64. The van der Waals surface area contributed by atoms with Gasteiger partial charge in [-0.1, -0.05) is 33.3 Å². The topological polar surface area (TPSA) is 70.7 Å². The van der Waals surface area contributed by atoms with Crippen LogP contribution >= 0.6 is 0 Å². The number of carbonyl (C=O) groups is 2. The van der Waals surface area contributed by atoms with E-state index >= 15 is 0 Å². The molecule has 1 saturated heterocycles. The van der Waals surface area contributed by atoms with Gasteiger partial charge < -0.3 is 20.3 Å². The SMILES string of the molecule is C=C1CCC(N2Cc3cc(O[C@H]4CCCCC[C@@H]4NCC(C)C)ccc3C2=O)C(=O)N1. The molecule has 2 amide bonds. The zero-order chi connectivity index (χ0) is 22.0. The smallest absolute Gasteiger partial charge is 0.255 e. The van der Waals surface area contributed by atoms with E-state index in [1.54, 1.807) is 4.90 Å². The summed E-state index contributed by atoms with van der Waals surface area (Å²) in [5.74, 6) is 1.22. The third kappa shape index (κ3) is 4.95. The number of benzene rings is 1. The number of hydrogen-bond donors (Lipinski definition) is 2. The Labute approximate surface area is 185 Å². The highest BCUT2D eigenvalue weighted by Crippen LogP contribution is 2.32. The summed E-state index contributed by atoms with van der Waals surface area (Å²) >= 11 is 0. The molecule has 2 N–H and O–H groups in total. The molecule has 2 heterocycles. The summed E-state index contributed by atoms with van der Waals surface area (Å²) in [5, 5.41) is 6.50. The molecule has 3 atom stereocenters. The second-order valence-electron chi connectivity index (χ2n) is 9.60. The lowest BCUT2D eigenvalue weighted by Gasteiger charge is -2.30. The highest BCUT2D eigenvalue weighted by atomic mass is 16.5. The van der Waals surface area contributed by atoms with Crippen LogP contribution in [0.2, 0.25) is 0 Å². The number of fused-ring (bicyclic) bond motifs is 1. The summed E-state index contributed by atoms with van der Waals surface area (Å²) in [7, 11) is 0. The molecule has 168 valence electrons. The summed E-state index contributed by atoms with van der Waals surface area (Å²) < 4.78 is 6.47. The van der Waals surface area contributed by atoms with Gasteiger partial charge >= 0.3 is 0 Å². The summed E-state index contributed by atoms with van der Waals surface area (Å²) in [5.41, 5.74) is 2.35. The van der Waals surface area contributed by atoms with Crippen molar-refractivity contribution in [3.05, 3.63) is 41.6 Å². The zero-order valence-electron chi connectivity index (χ0n) is 18.8. The van der Waals surface area contributed by atoms with Crippen LogP contribution in [-0.4, -0.2) is 41.4 Å². The van der Waals surface area contributed by atoms with Gasteiger partial charge in [-0.3, -0.25) is 9.59 Å². The van der Waals surface area contributed by atoms with Crippen molar-refractivity contribution in [1.29, 1.82) is 0 Å². The number of allylic oxidation sites excluding steroid dienone is 1. The van der Waals surface area contributed by atoms with Crippen LogP contribution in [0.15, 0.2) is 30.5 Å². The number of hydrogen-bond acceptors (Lipinski definition) is 4. The molecule has 2 aliphatic heterocycles. The van der Waals surface area contributed by atoms with Crippen molar-refractivity contribution in [2.24, 2.45) is 5.92 Å². The van der Waals surface area contributed by atoms with Gasteiger partial charge in [-0.2, -0.15) is 0 Å². The lowest BCUT2D eigenvalue weighted by Crippen LogP contribution is -2.49.